The first-order chi connectivity index (χ1) is 8.17. The average molecular weight is 253 g/mol. The Hall–Kier alpha value is -1.82. The van der Waals surface area contributed by atoms with Crippen LogP contribution in [0.3, 0.4) is 0 Å². The van der Waals surface area contributed by atoms with E-state index >= 15 is 0 Å². The van der Waals surface area contributed by atoms with E-state index in [-0.39, 0.29) is 5.75 Å². The van der Waals surface area contributed by atoms with Crippen LogP contribution in [0.5, 0.6) is 11.5 Å². The highest BCUT2D eigenvalue weighted by molar-refractivity contribution is 7.80. The van der Waals surface area contributed by atoms with Gasteiger partial charge in [-0.05, 0) is 42.9 Å². The molecule has 0 radical (unpaired) electrons. The Bertz CT molecular complexity index is 421. The van der Waals surface area contributed by atoms with Crippen LogP contribution >= 0.6 is 12.2 Å². The number of benzene rings is 1. The molecule has 0 aliphatic rings. The molecule has 3 N–H and O–H groups in total. The zero-order valence-corrected chi connectivity index (χ0v) is 10.5. The van der Waals surface area contributed by atoms with E-state index in [4.69, 9.17) is 17.0 Å². The molecule has 0 atom stereocenters. The number of hydrogen-bond donors (Lipinski definition) is 3. The maximum atomic E-state index is 9.54. The fourth-order valence-corrected chi connectivity index (χ4v) is 1.35. The minimum absolute atomic E-state index is 0.0747. The van der Waals surface area contributed by atoms with Gasteiger partial charge in [-0.1, -0.05) is 0 Å². The fraction of sp³-hybridized carbons (Fsp3) is 0.273. The van der Waals surface area contributed by atoms with Gasteiger partial charge < -0.3 is 15.2 Å². The molecule has 0 unspecified atom stereocenters. The number of hydrazone groups is 1. The summed E-state index contributed by atoms with van der Waals surface area (Å²) in [5.74, 6) is 0.504. The van der Waals surface area contributed by atoms with E-state index in [1.165, 1.54) is 7.11 Å². The highest BCUT2D eigenvalue weighted by Gasteiger charge is 2.00. The molecule has 17 heavy (non-hydrogen) atoms. The summed E-state index contributed by atoms with van der Waals surface area (Å²) in [7, 11) is 1.50. The SMILES string of the molecule is CCNC(=S)N/N=C\c1ccc(OC)c(O)c1. The second-order valence-electron chi connectivity index (χ2n) is 3.16. The van der Waals surface area contributed by atoms with Gasteiger partial charge in [0.2, 0.25) is 0 Å². The van der Waals surface area contributed by atoms with Gasteiger partial charge in [-0.25, -0.2) is 0 Å². The number of thiocarbonyl (C=S) groups is 1. The van der Waals surface area contributed by atoms with Crippen molar-refractivity contribution in [3.63, 3.8) is 0 Å². The third kappa shape index (κ3) is 4.28. The lowest BCUT2D eigenvalue weighted by molar-refractivity contribution is 0.373. The number of phenols is 1. The predicted octanol–water partition coefficient (Wildman–Crippen LogP) is 1.22. The van der Waals surface area contributed by atoms with Gasteiger partial charge in [0.05, 0.1) is 13.3 Å². The van der Waals surface area contributed by atoms with Gasteiger partial charge in [-0.15, -0.1) is 0 Å². The smallest absolute Gasteiger partial charge is 0.186 e. The van der Waals surface area contributed by atoms with Crippen molar-refractivity contribution in [2.45, 2.75) is 6.92 Å². The number of aromatic hydroxyl groups is 1. The van der Waals surface area contributed by atoms with Crippen LogP contribution in [-0.2, 0) is 0 Å². The monoisotopic (exact) mass is 253 g/mol. The molecule has 0 aromatic heterocycles. The van der Waals surface area contributed by atoms with Crippen LogP contribution in [0.2, 0.25) is 0 Å². The lowest BCUT2D eigenvalue weighted by Crippen LogP contribution is -2.31. The van der Waals surface area contributed by atoms with Crippen LogP contribution in [0.15, 0.2) is 23.3 Å². The highest BCUT2D eigenvalue weighted by Crippen LogP contribution is 2.25. The Morgan fingerprint density at radius 2 is 2.35 bits per heavy atom. The van der Waals surface area contributed by atoms with Crippen LogP contribution in [0, 0.1) is 0 Å². The first-order valence-corrected chi connectivity index (χ1v) is 5.52. The molecule has 0 saturated carbocycles. The van der Waals surface area contributed by atoms with Crippen molar-refractivity contribution in [3.05, 3.63) is 23.8 Å². The molecule has 0 heterocycles. The summed E-state index contributed by atoms with van der Waals surface area (Å²) < 4.78 is 4.93. The zero-order valence-electron chi connectivity index (χ0n) is 9.73. The molecule has 92 valence electrons. The van der Waals surface area contributed by atoms with E-state index in [9.17, 15) is 5.11 Å². The lowest BCUT2D eigenvalue weighted by atomic mass is 10.2. The maximum absolute atomic E-state index is 9.54. The minimum atomic E-state index is 0.0747. The zero-order chi connectivity index (χ0) is 12.7. The van der Waals surface area contributed by atoms with Crippen molar-refractivity contribution in [2.75, 3.05) is 13.7 Å². The third-order valence-electron chi connectivity index (χ3n) is 1.92. The van der Waals surface area contributed by atoms with E-state index in [1.807, 2.05) is 6.92 Å². The topological polar surface area (TPSA) is 65.9 Å². The maximum Gasteiger partial charge on any atom is 0.186 e. The molecule has 0 fully saturated rings. The summed E-state index contributed by atoms with van der Waals surface area (Å²) in [4.78, 5) is 0. The van der Waals surface area contributed by atoms with E-state index in [0.29, 0.717) is 10.9 Å². The summed E-state index contributed by atoms with van der Waals surface area (Å²) in [5, 5.41) is 16.8. The molecule has 0 bridgehead atoms. The van der Waals surface area contributed by atoms with Gasteiger partial charge in [-0.2, -0.15) is 5.10 Å². The van der Waals surface area contributed by atoms with Gasteiger partial charge >= 0.3 is 0 Å². The second kappa shape index (κ2) is 6.70. The van der Waals surface area contributed by atoms with Gasteiger partial charge in [0.15, 0.2) is 16.6 Å². The molecule has 0 aliphatic carbocycles. The highest BCUT2D eigenvalue weighted by atomic mass is 32.1. The Morgan fingerprint density at radius 3 is 2.94 bits per heavy atom. The van der Waals surface area contributed by atoms with E-state index in [1.54, 1.807) is 24.4 Å². The number of ether oxygens (including phenoxy) is 1. The quantitative estimate of drug-likeness (QED) is 0.428. The predicted molar refractivity (Wildman–Crippen MR) is 71.7 cm³/mol. The van der Waals surface area contributed by atoms with Crippen LogP contribution < -0.4 is 15.5 Å². The average Bonchev–Trinajstić information content (AvgIpc) is 2.29. The molecule has 1 aromatic rings. The molecule has 6 heteroatoms. The third-order valence-corrected chi connectivity index (χ3v) is 2.16. The second-order valence-corrected chi connectivity index (χ2v) is 3.57. The molecule has 0 aliphatic heterocycles. The Morgan fingerprint density at radius 1 is 1.59 bits per heavy atom. The summed E-state index contributed by atoms with van der Waals surface area (Å²) in [5.41, 5.74) is 3.40. The van der Waals surface area contributed by atoms with Gasteiger partial charge in [-0.3, -0.25) is 5.43 Å². The summed E-state index contributed by atoms with van der Waals surface area (Å²) in [6.07, 6.45) is 1.56. The van der Waals surface area contributed by atoms with Crippen LogP contribution in [-0.4, -0.2) is 30.1 Å². The number of methoxy groups -OCH3 is 1. The number of hydrogen-bond acceptors (Lipinski definition) is 4. The first-order valence-electron chi connectivity index (χ1n) is 5.11. The molecular weight excluding hydrogens is 238 g/mol. The Labute approximate surface area is 105 Å². The standard InChI is InChI=1S/C11H15N3O2S/c1-3-12-11(17)14-13-7-8-4-5-10(16-2)9(15)6-8/h4-7,15H,3H2,1-2H3,(H2,12,14,17)/b13-7-. The van der Waals surface area contributed by atoms with Crippen molar-refractivity contribution in [1.82, 2.24) is 10.7 Å². The van der Waals surface area contributed by atoms with Crippen molar-refractivity contribution in [3.8, 4) is 11.5 Å². The van der Waals surface area contributed by atoms with Crippen molar-refractivity contribution in [1.29, 1.82) is 0 Å². The Kier molecular flexibility index (Phi) is 5.22. The number of nitrogens with one attached hydrogen (secondary N) is 2. The van der Waals surface area contributed by atoms with Crippen molar-refractivity contribution >= 4 is 23.5 Å². The molecule has 0 amide bonds. The number of phenolic OH excluding ortho intramolecular Hbond substituents is 1. The Balaban J connectivity index is 2.60. The number of rotatable bonds is 4. The molecule has 0 spiro atoms. The van der Waals surface area contributed by atoms with Crippen molar-refractivity contribution in [2.24, 2.45) is 5.10 Å². The fourth-order valence-electron chi connectivity index (χ4n) is 1.15. The molecule has 0 saturated heterocycles. The summed E-state index contributed by atoms with van der Waals surface area (Å²) in [6.45, 7) is 2.68. The van der Waals surface area contributed by atoms with Crippen LogP contribution in [0.4, 0.5) is 0 Å². The lowest BCUT2D eigenvalue weighted by Gasteiger charge is -2.04. The number of nitrogens with zero attached hydrogens (tertiary/aromatic N) is 1. The van der Waals surface area contributed by atoms with Gasteiger partial charge in [0.1, 0.15) is 0 Å². The van der Waals surface area contributed by atoms with E-state index < -0.39 is 0 Å². The van der Waals surface area contributed by atoms with Gasteiger partial charge in [0.25, 0.3) is 0 Å². The normalized spacial score (nSPS) is 10.2. The molecular formula is C11H15N3O2S. The van der Waals surface area contributed by atoms with Gasteiger partial charge in [0, 0.05) is 6.54 Å². The van der Waals surface area contributed by atoms with Crippen LogP contribution in [0.25, 0.3) is 0 Å². The molecule has 1 rings (SSSR count). The first kappa shape index (κ1) is 13.2. The van der Waals surface area contributed by atoms with Crippen molar-refractivity contribution < 1.29 is 9.84 Å². The molecule has 5 nitrogen and oxygen atoms in total. The summed E-state index contributed by atoms with van der Waals surface area (Å²) >= 11 is 4.93. The van der Waals surface area contributed by atoms with E-state index in [2.05, 4.69) is 15.8 Å². The molecule has 1 aromatic carbocycles. The van der Waals surface area contributed by atoms with E-state index in [0.717, 1.165) is 12.1 Å². The summed E-state index contributed by atoms with van der Waals surface area (Å²) in [6, 6.07) is 5.00. The largest absolute Gasteiger partial charge is 0.504 e. The minimum Gasteiger partial charge on any atom is -0.504 e. The van der Waals surface area contributed by atoms with Crippen LogP contribution in [0.1, 0.15) is 12.5 Å².